The van der Waals surface area contributed by atoms with E-state index in [1.807, 2.05) is 12.1 Å². The third-order valence-electron chi connectivity index (χ3n) is 3.36. The van der Waals surface area contributed by atoms with Crippen LogP contribution in [0.15, 0.2) is 41.2 Å². The normalized spacial score (nSPS) is 18.1. The number of methoxy groups -OCH3 is 1. The maximum Gasteiger partial charge on any atom is 0.118 e. The van der Waals surface area contributed by atoms with Gasteiger partial charge in [-0.15, -0.1) is 0 Å². The molecule has 0 saturated heterocycles. The molecule has 4 heteroatoms. The summed E-state index contributed by atoms with van der Waals surface area (Å²) in [5.41, 5.74) is 3.40. The fourth-order valence-corrected chi connectivity index (χ4v) is 2.32. The first kappa shape index (κ1) is 11.0. The van der Waals surface area contributed by atoms with Gasteiger partial charge in [-0.2, -0.15) is 0 Å². The minimum Gasteiger partial charge on any atom is -0.497 e. The topological polar surface area (TPSA) is 37.6 Å². The van der Waals surface area contributed by atoms with Gasteiger partial charge in [-0.05, 0) is 17.7 Å². The Balaban J connectivity index is 1.86. The van der Waals surface area contributed by atoms with Gasteiger partial charge in [0.25, 0.3) is 0 Å². The Morgan fingerprint density at radius 3 is 2.78 bits per heavy atom. The van der Waals surface area contributed by atoms with E-state index in [1.54, 1.807) is 19.6 Å². The molecular formula is C14H16N2O2. The molecule has 1 N–H and O–H groups in total. The molecule has 0 spiro atoms. The lowest BCUT2D eigenvalue weighted by Gasteiger charge is -2.32. The van der Waals surface area contributed by atoms with E-state index in [0.29, 0.717) is 0 Å². The standard InChI is InChI=1S/C14H16N2O2/c1-16-7-12(15-13-8-18-9-14(13)16)10-3-5-11(17-2)6-4-10/h3-6,8-9,12,15H,7H2,1-2H3. The maximum absolute atomic E-state index is 5.23. The van der Waals surface area contributed by atoms with Gasteiger partial charge in [0.1, 0.15) is 18.3 Å². The Bertz CT molecular complexity index is 533. The SMILES string of the molecule is COc1ccc(C2CN(C)c3cocc3N2)cc1. The highest BCUT2D eigenvalue weighted by Gasteiger charge is 2.23. The van der Waals surface area contributed by atoms with Gasteiger partial charge in [0.2, 0.25) is 0 Å². The first-order chi connectivity index (χ1) is 8.78. The predicted molar refractivity (Wildman–Crippen MR) is 71.3 cm³/mol. The molecule has 3 rings (SSSR count). The highest BCUT2D eigenvalue weighted by molar-refractivity contribution is 5.71. The van der Waals surface area contributed by atoms with E-state index in [9.17, 15) is 0 Å². The third kappa shape index (κ3) is 1.79. The summed E-state index contributed by atoms with van der Waals surface area (Å²) >= 11 is 0. The summed E-state index contributed by atoms with van der Waals surface area (Å²) in [7, 11) is 3.76. The summed E-state index contributed by atoms with van der Waals surface area (Å²) < 4.78 is 10.4. The van der Waals surface area contributed by atoms with E-state index < -0.39 is 0 Å². The Morgan fingerprint density at radius 2 is 2.06 bits per heavy atom. The second kappa shape index (κ2) is 4.29. The molecule has 1 atom stereocenters. The molecule has 4 nitrogen and oxygen atoms in total. The maximum atomic E-state index is 5.23. The average Bonchev–Trinajstić information content (AvgIpc) is 2.88. The van der Waals surface area contributed by atoms with Crippen molar-refractivity contribution in [2.45, 2.75) is 6.04 Å². The van der Waals surface area contributed by atoms with Gasteiger partial charge in [-0.1, -0.05) is 12.1 Å². The Labute approximate surface area is 106 Å². The first-order valence-corrected chi connectivity index (χ1v) is 5.96. The van der Waals surface area contributed by atoms with Crippen molar-refractivity contribution in [2.24, 2.45) is 0 Å². The van der Waals surface area contributed by atoms with Crippen molar-refractivity contribution >= 4 is 11.4 Å². The Kier molecular flexibility index (Phi) is 2.63. The van der Waals surface area contributed by atoms with Crippen LogP contribution in [0.4, 0.5) is 11.4 Å². The van der Waals surface area contributed by atoms with Gasteiger partial charge < -0.3 is 19.4 Å². The van der Waals surface area contributed by atoms with E-state index in [2.05, 4.69) is 29.4 Å². The van der Waals surface area contributed by atoms with E-state index >= 15 is 0 Å². The second-order valence-corrected chi connectivity index (χ2v) is 4.52. The molecule has 1 aliphatic heterocycles. The van der Waals surface area contributed by atoms with Gasteiger partial charge in [0, 0.05) is 13.6 Å². The minimum absolute atomic E-state index is 0.269. The third-order valence-corrected chi connectivity index (χ3v) is 3.36. The van der Waals surface area contributed by atoms with E-state index in [0.717, 1.165) is 23.7 Å². The Morgan fingerprint density at radius 1 is 1.28 bits per heavy atom. The second-order valence-electron chi connectivity index (χ2n) is 4.52. The van der Waals surface area contributed by atoms with Crippen LogP contribution in [-0.2, 0) is 0 Å². The number of fused-ring (bicyclic) bond motifs is 1. The van der Waals surface area contributed by atoms with Crippen LogP contribution < -0.4 is 15.0 Å². The molecule has 18 heavy (non-hydrogen) atoms. The number of nitrogens with zero attached hydrogens (tertiary/aromatic N) is 1. The molecule has 1 unspecified atom stereocenters. The number of hydrogen-bond acceptors (Lipinski definition) is 4. The molecule has 0 saturated carbocycles. The number of nitrogens with one attached hydrogen (secondary N) is 1. The van der Waals surface area contributed by atoms with Crippen molar-refractivity contribution in [2.75, 3.05) is 30.9 Å². The highest BCUT2D eigenvalue weighted by atomic mass is 16.5. The molecule has 94 valence electrons. The molecule has 1 aromatic heterocycles. The number of rotatable bonds is 2. The summed E-state index contributed by atoms with van der Waals surface area (Å²) in [6, 6.07) is 8.43. The van der Waals surface area contributed by atoms with Crippen LogP contribution in [0.5, 0.6) is 5.75 Å². The van der Waals surface area contributed by atoms with Crippen LogP contribution in [0.25, 0.3) is 0 Å². The van der Waals surface area contributed by atoms with E-state index in [1.165, 1.54) is 5.56 Å². The summed E-state index contributed by atoms with van der Waals surface area (Å²) in [5.74, 6) is 0.881. The lowest BCUT2D eigenvalue weighted by atomic mass is 10.0. The number of hydrogen-bond donors (Lipinski definition) is 1. The van der Waals surface area contributed by atoms with Gasteiger partial charge in [-0.25, -0.2) is 0 Å². The van der Waals surface area contributed by atoms with Gasteiger partial charge in [0.05, 0.1) is 24.5 Å². The number of likely N-dealkylation sites (N-methyl/N-ethyl adjacent to an activating group) is 1. The van der Waals surface area contributed by atoms with Crippen LogP contribution >= 0.6 is 0 Å². The van der Waals surface area contributed by atoms with Gasteiger partial charge >= 0.3 is 0 Å². The highest BCUT2D eigenvalue weighted by Crippen LogP contribution is 2.35. The van der Waals surface area contributed by atoms with Crippen molar-refractivity contribution in [1.29, 1.82) is 0 Å². The molecular weight excluding hydrogens is 228 g/mol. The predicted octanol–water partition coefficient (Wildman–Crippen LogP) is 2.89. The lowest BCUT2D eigenvalue weighted by Crippen LogP contribution is -2.32. The van der Waals surface area contributed by atoms with Crippen molar-refractivity contribution < 1.29 is 9.15 Å². The average molecular weight is 244 g/mol. The first-order valence-electron chi connectivity index (χ1n) is 5.96. The van der Waals surface area contributed by atoms with Crippen molar-refractivity contribution in [3.05, 3.63) is 42.4 Å². The molecule has 0 amide bonds. The van der Waals surface area contributed by atoms with Crippen molar-refractivity contribution in [3.63, 3.8) is 0 Å². The van der Waals surface area contributed by atoms with Crippen molar-refractivity contribution in [3.8, 4) is 5.75 Å². The van der Waals surface area contributed by atoms with Crippen LogP contribution in [0.1, 0.15) is 11.6 Å². The summed E-state index contributed by atoms with van der Waals surface area (Å²) in [6.45, 7) is 0.916. The van der Waals surface area contributed by atoms with Crippen molar-refractivity contribution in [1.82, 2.24) is 0 Å². The summed E-state index contributed by atoms with van der Waals surface area (Å²) in [6.07, 6.45) is 3.52. The molecule has 0 aliphatic carbocycles. The molecule has 0 fully saturated rings. The monoisotopic (exact) mass is 244 g/mol. The number of ether oxygens (including phenoxy) is 1. The quantitative estimate of drug-likeness (QED) is 0.881. The molecule has 1 aliphatic rings. The molecule has 2 aromatic rings. The largest absolute Gasteiger partial charge is 0.497 e. The fraction of sp³-hybridized carbons (Fsp3) is 0.286. The number of furan rings is 1. The zero-order valence-electron chi connectivity index (χ0n) is 10.5. The van der Waals surface area contributed by atoms with Crippen LogP contribution in [0.2, 0.25) is 0 Å². The van der Waals surface area contributed by atoms with Gasteiger partial charge in [-0.3, -0.25) is 0 Å². The summed E-state index contributed by atoms with van der Waals surface area (Å²) in [4.78, 5) is 2.20. The molecule has 2 heterocycles. The zero-order chi connectivity index (χ0) is 12.5. The smallest absolute Gasteiger partial charge is 0.118 e. The van der Waals surface area contributed by atoms with E-state index in [4.69, 9.17) is 9.15 Å². The Hall–Kier alpha value is -2.10. The fourth-order valence-electron chi connectivity index (χ4n) is 2.32. The van der Waals surface area contributed by atoms with E-state index in [-0.39, 0.29) is 6.04 Å². The molecule has 0 radical (unpaired) electrons. The minimum atomic E-state index is 0.269. The molecule has 1 aromatic carbocycles. The lowest BCUT2D eigenvalue weighted by molar-refractivity contribution is 0.414. The van der Waals surface area contributed by atoms with Crippen LogP contribution in [0.3, 0.4) is 0 Å². The number of anilines is 2. The zero-order valence-corrected chi connectivity index (χ0v) is 10.5. The molecule has 0 bridgehead atoms. The van der Waals surface area contributed by atoms with Crippen LogP contribution in [-0.4, -0.2) is 20.7 Å². The number of benzene rings is 1. The van der Waals surface area contributed by atoms with Gasteiger partial charge in [0.15, 0.2) is 0 Å². The summed E-state index contributed by atoms with van der Waals surface area (Å²) in [5, 5.41) is 3.48. The van der Waals surface area contributed by atoms with Crippen LogP contribution in [0, 0.1) is 0 Å².